The molecule has 4 heterocycles. The fraction of sp³-hybridized carbons (Fsp3) is 0.370. The van der Waals surface area contributed by atoms with Crippen molar-refractivity contribution in [3.05, 3.63) is 76.4 Å². The number of benzene rings is 1. The highest BCUT2D eigenvalue weighted by atomic mass is 16.4. The zero-order chi connectivity index (χ0) is 26.3. The largest absolute Gasteiger partial charge is 0.481 e. The molecule has 4 aromatic rings. The van der Waals surface area contributed by atoms with Crippen LogP contribution in [0.3, 0.4) is 0 Å². The van der Waals surface area contributed by atoms with Crippen LogP contribution < -0.4 is 5.69 Å². The molecule has 0 aliphatic carbocycles. The summed E-state index contributed by atoms with van der Waals surface area (Å²) in [7, 11) is 1.92. The highest BCUT2D eigenvalue weighted by molar-refractivity contribution is 5.74. The molecule has 190 valence electrons. The summed E-state index contributed by atoms with van der Waals surface area (Å²) in [5.41, 5.74) is 2.45. The summed E-state index contributed by atoms with van der Waals surface area (Å²) in [6.45, 7) is 5.51. The van der Waals surface area contributed by atoms with E-state index in [0.29, 0.717) is 36.4 Å². The predicted octanol–water partition coefficient (Wildman–Crippen LogP) is 2.89. The fourth-order valence-electron chi connectivity index (χ4n) is 5.01. The van der Waals surface area contributed by atoms with Gasteiger partial charge in [0.1, 0.15) is 5.82 Å². The van der Waals surface area contributed by atoms with Gasteiger partial charge in [0, 0.05) is 44.6 Å². The number of carboxylic acids is 1. The van der Waals surface area contributed by atoms with Gasteiger partial charge in [0.15, 0.2) is 5.65 Å². The van der Waals surface area contributed by atoms with E-state index >= 15 is 0 Å². The number of aliphatic carboxylic acids is 1. The first kappa shape index (κ1) is 24.5. The Morgan fingerprint density at radius 2 is 1.97 bits per heavy atom. The molecule has 0 saturated carbocycles. The van der Waals surface area contributed by atoms with Gasteiger partial charge in [0.25, 0.3) is 0 Å². The van der Waals surface area contributed by atoms with Crippen molar-refractivity contribution in [2.75, 3.05) is 13.1 Å². The molecule has 1 aliphatic heterocycles. The summed E-state index contributed by atoms with van der Waals surface area (Å²) in [5, 5.41) is 18.6. The van der Waals surface area contributed by atoms with Gasteiger partial charge < -0.3 is 9.67 Å². The number of carbonyl (C=O) groups is 1. The Labute approximate surface area is 214 Å². The molecule has 3 aromatic heterocycles. The van der Waals surface area contributed by atoms with Crippen molar-refractivity contribution in [1.82, 2.24) is 28.6 Å². The number of likely N-dealkylation sites (tertiary alicyclic amines) is 1. The van der Waals surface area contributed by atoms with Crippen LogP contribution in [0.1, 0.15) is 43.4 Å². The lowest BCUT2D eigenvalue weighted by molar-refractivity contribution is -0.146. The normalized spacial score (nSPS) is 16.3. The van der Waals surface area contributed by atoms with Gasteiger partial charge in [-0.1, -0.05) is 0 Å². The van der Waals surface area contributed by atoms with E-state index in [1.807, 2.05) is 23.7 Å². The lowest BCUT2D eigenvalue weighted by Crippen LogP contribution is -2.29. The van der Waals surface area contributed by atoms with E-state index in [4.69, 9.17) is 5.26 Å². The minimum absolute atomic E-state index is 0.0461. The van der Waals surface area contributed by atoms with Gasteiger partial charge in [-0.2, -0.15) is 5.26 Å². The minimum Gasteiger partial charge on any atom is -0.481 e. The number of nitriles is 1. The van der Waals surface area contributed by atoms with E-state index in [2.05, 4.69) is 20.9 Å². The second-order valence-corrected chi connectivity index (χ2v) is 10.3. The maximum absolute atomic E-state index is 13.7. The van der Waals surface area contributed by atoms with Crippen molar-refractivity contribution in [1.29, 1.82) is 5.26 Å². The zero-order valence-corrected chi connectivity index (χ0v) is 21.1. The summed E-state index contributed by atoms with van der Waals surface area (Å²) in [6.07, 6.45) is 4.64. The molecule has 1 fully saturated rings. The third-order valence-electron chi connectivity index (χ3n) is 7.25. The lowest BCUT2D eigenvalue weighted by atomic mass is 9.88. The van der Waals surface area contributed by atoms with Crippen LogP contribution in [0, 0.1) is 16.7 Å². The third kappa shape index (κ3) is 4.42. The predicted molar refractivity (Wildman–Crippen MR) is 137 cm³/mol. The van der Waals surface area contributed by atoms with Crippen LogP contribution >= 0.6 is 0 Å². The van der Waals surface area contributed by atoms with Gasteiger partial charge in [0.05, 0.1) is 40.8 Å². The molecule has 10 heteroatoms. The monoisotopic (exact) mass is 499 g/mol. The second-order valence-electron chi connectivity index (χ2n) is 10.3. The molecule has 0 amide bonds. The molecule has 1 saturated heterocycles. The van der Waals surface area contributed by atoms with Gasteiger partial charge in [-0.15, -0.1) is 0 Å². The van der Waals surface area contributed by atoms with E-state index in [1.54, 1.807) is 59.6 Å². The molecule has 0 radical (unpaired) electrons. The Kier molecular flexibility index (Phi) is 6.17. The van der Waals surface area contributed by atoms with Crippen molar-refractivity contribution in [3.63, 3.8) is 0 Å². The topological polar surface area (TPSA) is 122 Å². The first-order valence-electron chi connectivity index (χ1n) is 12.2. The smallest absolute Gasteiger partial charge is 0.335 e. The molecule has 1 aliphatic rings. The number of aromatic nitrogens is 5. The third-order valence-corrected chi connectivity index (χ3v) is 7.25. The van der Waals surface area contributed by atoms with E-state index in [9.17, 15) is 14.7 Å². The van der Waals surface area contributed by atoms with Gasteiger partial charge in [-0.05, 0) is 56.7 Å². The summed E-state index contributed by atoms with van der Waals surface area (Å²) < 4.78 is 5.41. The van der Waals surface area contributed by atoms with E-state index in [-0.39, 0.29) is 11.7 Å². The van der Waals surface area contributed by atoms with Crippen LogP contribution in [-0.2, 0) is 24.8 Å². The number of fused-ring (bicyclic) bond motifs is 1. The molecular weight excluding hydrogens is 470 g/mol. The van der Waals surface area contributed by atoms with E-state index in [1.165, 1.54) is 0 Å². The number of hydrogen-bond donors (Lipinski definition) is 1. The SMILES string of the molecule is Cn1c(CC(C)(C)C(=O)O)cnc1CN1CC[C@H](n2c(=O)n(-c3ccc(C#N)cc3)c3cccnc32)C1. The summed E-state index contributed by atoms with van der Waals surface area (Å²) in [5.74, 6) is 0.0270. The Bertz CT molecular complexity index is 1570. The molecule has 0 unspecified atom stereocenters. The summed E-state index contributed by atoms with van der Waals surface area (Å²) in [6, 6.07) is 12.7. The van der Waals surface area contributed by atoms with E-state index in [0.717, 1.165) is 30.0 Å². The maximum atomic E-state index is 13.7. The highest BCUT2D eigenvalue weighted by Crippen LogP contribution is 2.27. The number of nitrogens with zero attached hydrogens (tertiary/aromatic N) is 7. The van der Waals surface area contributed by atoms with Crippen molar-refractivity contribution in [3.8, 4) is 11.8 Å². The Hall–Kier alpha value is -4.23. The molecule has 5 rings (SSSR count). The van der Waals surface area contributed by atoms with Gasteiger partial charge in [-0.3, -0.25) is 18.8 Å². The molecule has 10 nitrogen and oxygen atoms in total. The van der Waals surface area contributed by atoms with Gasteiger partial charge >= 0.3 is 11.7 Å². The van der Waals surface area contributed by atoms with Gasteiger partial charge in [0.2, 0.25) is 0 Å². The average Bonchev–Trinajstić information content (AvgIpc) is 3.55. The standard InChI is InChI=1S/C27H29N7O3/c1-27(2,25(35)36)13-21-15-30-23(31(21)3)17-32-12-10-20(16-32)34-24-22(5-4-11-29-24)33(26(34)37)19-8-6-18(14-28)7-9-19/h4-9,11,15,20H,10,12-13,16-17H2,1-3H3,(H,35,36)/t20-/m0/s1. The average molecular weight is 500 g/mol. The second kappa shape index (κ2) is 9.33. The van der Waals surface area contributed by atoms with Crippen LogP contribution in [0.25, 0.3) is 16.9 Å². The molecule has 1 aromatic carbocycles. The Morgan fingerprint density at radius 3 is 2.68 bits per heavy atom. The number of imidazole rings is 2. The van der Waals surface area contributed by atoms with Crippen LogP contribution in [0.5, 0.6) is 0 Å². The molecule has 1 atom stereocenters. The summed E-state index contributed by atoms with van der Waals surface area (Å²) in [4.78, 5) is 36.6. The Morgan fingerprint density at radius 1 is 1.22 bits per heavy atom. The van der Waals surface area contributed by atoms with Gasteiger partial charge in [-0.25, -0.2) is 14.8 Å². The number of hydrogen-bond acceptors (Lipinski definition) is 6. The number of rotatable bonds is 7. The summed E-state index contributed by atoms with van der Waals surface area (Å²) >= 11 is 0. The van der Waals surface area contributed by atoms with Crippen molar-refractivity contribution < 1.29 is 9.90 Å². The quantitative estimate of drug-likeness (QED) is 0.415. The number of carboxylic acid groups (broad SMARTS) is 1. The van der Waals surface area contributed by atoms with Crippen molar-refractivity contribution in [2.45, 2.75) is 39.3 Å². The van der Waals surface area contributed by atoms with Crippen LogP contribution in [-0.4, -0.2) is 52.7 Å². The molecule has 0 bridgehead atoms. The minimum atomic E-state index is -0.874. The van der Waals surface area contributed by atoms with Crippen molar-refractivity contribution in [2.24, 2.45) is 12.5 Å². The Balaban J connectivity index is 1.40. The lowest BCUT2D eigenvalue weighted by Gasteiger charge is -2.20. The molecule has 1 N–H and O–H groups in total. The molecule has 0 spiro atoms. The first-order valence-corrected chi connectivity index (χ1v) is 12.2. The number of pyridine rings is 1. The van der Waals surface area contributed by atoms with Crippen molar-refractivity contribution >= 4 is 17.1 Å². The fourth-order valence-corrected chi connectivity index (χ4v) is 5.01. The first-order chi connectivity index (χ1) is 17.7. The highest BCUT2D eigenvalue weighted by Gasteiger charge is 2.31. The van der Waals surface area contributed by atoms with E-state index < -0.39 is 11.4 Å². The van der Waals surface area contributed by atoms with Crippen LogP contribution in [0.15, 0.2) is 53.6 Å². The maximum Gasteiger partial charge on any atom is 0.335 e. The zero-order valence-electron chi connectivity index (χ0n) is 21.1. The van der Waals surface area contributed by atoms with Crippen LogP contribution in [0.2, 0.25) is 0 Å². The molecular formula is C27H29N7O3. The van der Waals surface area contributed by atoms with Crippen LogP contribution in [0.4, 0.5) is 0 Å². The molecule has 37 heavy (non-hydrogen) atoms.